The first kappa shape index (κ1) is 21.7. The fourth-order valence-electron chi connectivity index (χ4n) is 4.06. The van der Waals surface area contributed by atoms with Crippen molar-refractivity contribution in [2.75, 3.05) is 44.2 Å². The smallest absolute Gasteiger partial charge is 0.369 e. The van der Waals surface area contributed by atoms with Gasteiger partial charge in [0.2, 0.25) is 5.91 Å². The fraction of sp³-hybridized carbons (Fsp3) is 0.591. The van der Waals surface area contributed by atoms with Gasteiger partial charge in [-0.1, -0.05) is 26.0 Å². The number of nitrogens with zero attached hydrogens (tertiary/aromatic N) is 3. The summed E-state index contributed by atoms with van der Waals surface area (Å²) >= 11 is 0. The summed E-state index contributed by atoms with van der Waals surface area (Å²) in [7, 11) is 0. The molecule has 3 rings (SSSR count). The number of hydrogen-bond acceptors (Lipinski definition) is 3. The van der Waals surface area contributed by atoms with Gasteiger partial charge in [-0.2, -0.15) is 13.2 Å². The molecule has 2 heterocycles. The molecule has 1 amide bonds. The van der Waals surface area contributed by atoms with E-state index >= 15 is 0 Å². The van der Waals surface area contributed by atoms with Crippen LogP contribution in [0.2, 0.25) is 0 Å². The number of amides is 1. The average Bonchev–Trinajstić information content (AvgIpc) is 2.71. The first-order valence-electron chi connectivity index (χ1n) is 10.4. The van der Waals surface area contributed by atoms with E-state index in [4.69, 9.17) is 0 Å². The Morgan fingerprint density at radius 3 is 2.52 bits per heavy atom. The molecule has 0 spiro atoms. The van der Waals surface area contributed by atoms with Crippen LogP contribution in [0.15, 0.2) is 36.4 Å². The van der Waals surface area contributed by atoms with Gasteiger partial charge in [0, 0.05) is 51.0 Å². The molecule has 0 bridgehead atoms. The van der Waals surface area contributed by atoms with E-state index in [0.29, 0.717) is 30.7 Å². The number of halogens is 3. The van der Waals surface area contributed by atoms with E-state index in [2.05, 4.69) is 4.90 Å². The zero-order chi connectivity index (χ0) is 21.0. The highest BCUT2D eigenvalue weighted by atomic mass is 19.4. The maximum atomic E-state index is 13.0. The van der Waals surface area contributed by atoms with Crippen molar-refractivity contribution < 1.29 is 18.0 Å². The van der Waals surface area contributed by atoms with Gasteiger partial charge in [0.05, 0.1) is 5.56 Å². The first-order chi connectivity index (χ1) is 13.7. The van der Waals surface area contributed by atoms with Crippen LogP contribution in [0.5, 0.6) is 0 Å². The zero-order valence-electron chi connectivity index (χ0n) is 17.2. The second-order valence-corrected chi connectivity index (χ2v) is 8.25. The molecule has 1 aromatic rings. The molecule has 0 aromatic heterocycles. The molecular formula is C22H30F3N3O. The summed E-state index contributed by atoms with van der Waals surface area (Å²) in [5.74, 6) is 0.425. The van der Waals surface area contributed by atoms with Crippen molar-refractivity contribution in [2.45, 2.75) is 38.9 Å². The molecule has 1 atom stereocenters. The van der Waals surface area contributed by atoms with Gasteiger partial charge in [0.15, 0.2) is 0 Å². The summed E-state index contributed by atoms with van der Waals surface area (Å²) in [5, 5.41) is 0. The molecule has 29 heavy (non-hydrogen) atoms. The van der Waals surface area contributed by atoms with Crippen molar-refractivity contribution in [3.8, 4) is 0 Å². The van der Waals surface area contributed by atoms with E-state index < -0.39 is 11.7 Å². The van der Waals surface area contributed by atoms with E-state index in [1.807, 2.05) is 29.7 Å². The average molecular weight is 409 g/mol. The lowest BCUT2D eigenvalue weighted by molar-refractivity contribution is -0.137. The molecule has 160 valence electrons. The zero-order valence-corrected chi connectivity index (χ0v) is 17.2. The third-order valence-corrected chi connectivity index (χ3v) is 5.70. The van der Waals surface area contributed by atoms with Crippen molar-refractivity contribution >= 4 is 11.6 Å². The normalized spacial score (nSPS) is 21.9. The minimum absolute atomic E-state index is 0.0750. The molecule has 0 N–H and O–H groups in total. The third-order valence-electron chi connectivity index (χ3n) is 5.70. The molecular weight excluding hydrogens is 379 g/mol. The number of alkyl halides is 3. The van der Waals surface area contributed by atoms with E-state index in [-0.39, 0.29) is 5.91 Å². The molecule has 2 aliphatic rings. The second kappa shape index (κ2) is 9.20. The van der Waals surface area contributed by atoms with Crippen LogP contribution >= 0.6 is 0 Å². The third kappa shape index (κ3) is 5.75. The van der Waals surface area contributed by atoms with Crippen LogP contribution in [-0.4, -0.2) is 61.0 Å². The summed E-state index contributed by atoms with van der Waals surface area (Å²) in [5.41, 5.74) is 0.0204. The quantitative estimate of drug-likeness (QED) is 0.703. The Bertz CT molecular complexity index is 724. The SMILES string of the molecule is CC(C)/C=C/C(=O)N1CCCC(N2CCN(c3cccc(C(F)(F)F)c3)CC2)C1. The van der Waals surface area contributed by atoms with Gasteiger partial charge in [0.25, 0.3) is 0 Å². The topological polar surface area (TPSA) is 26.8 Å². The highest BCUT2D eigenvalue weighted by molar-refractivity contribution is 5.87. The number of anilines is 1. The van der Waals surface area contributed by atoms with Gasteiger partial charge in [-0.3, -0.25) is 9.69 Å². The van der Waals surface area contributed by atoms with Crippen LogP contribution in [0, 0.1) is 5.92 Å². The molecule has 2 fully saturated rings. The second-order valence-electron chi connectivity index (χ2n) is 8.25. The van der Waals surface area contributed by atoms with Gasteiger partial charge in [-0.15, -0.1) is 0 Å². The fourth-order valence-corrected chi connectivity index (χ4v) is 4.06. The van der Waals surface area contributed by atoms with Gasteiger partial charge in [-0.05, 0) is 43.0 Å². The van der Waals surface area contributed by atoms with Gasteiger partial charge in [0.1, 0.15) is 0 Å². The predicted molar refractivity (Wildman–Crippen MR) is 109 cm³/mol. The van der Waals surface area contributed by atoms with Crippen LogP contribution in [0.3, 0.4) is 0 Å². The molecule has 2 saturated heterocycles. The number of likely N-dealkylation sites (tertiary alicyclic amines) is 1. The number of piperazine rings is 1. The lowest BCUT2D eigenvalue weighted by Gasteiger charge is -2.43. The minimum Gasteiger partial charge on any atom is -0.369 e. The Kier molecular flexibility index (Phi) is 6.88. The van der Waals surface area contributed by atoms with Crippen LogP contribution in [0.25, 0.3) is 0 Å². The van der Waals surface area contributed by atoms with E-state index in [1.165, 1.54) is 12.1 Å². The van der Waals surface area contributed by atoms with Crippen LogP contribution in [-0.2, 0) is 11.0 Å². The van der Waals surface area contributed by atoms with Gasteiger partial charge < -0.3 is 9.80 Å². The van der Waals surface area contributed by atoms with Crippen molar-refractivity contribution in [1.82, 2.24) is 9.80 Å². The predicted octanol–water partition coefficient (Wildman–Crippen LogP) is 4.03. The maximum Gasteiger partial charge on any atom is 0.416 e. The van der Waals surface area contributed by atoms with Crippen molar-refractivity contribution in [2.24, 2.45) is 5.92 Å². The summed E-state index contributed by atoms with van der Waals surface area (Å²) in [6.45, 7) is 8.60. The highest BCUT2D eigenvalue weighted by Crippen LogP contribution is 2.32. The Morgan fingerprint density at radius 2 is 1.86 bits per heavy atom. The van der Waals surface area contributed by atoms with Crippen molar-refractivity contribution in [3.05, 3.63) is 42.0 Å². The molecule has 0 saturated carbocycles. The van der Waals surface area contributed by atoms with E-state index in [9.17, 15) is 18.0 Å². The number of hydrogen-bond donors (Lipinski definition) is 0. The highest BCUT2D eigenvalue weighted by Gasteiger charge is 2.32. The Labute approximate surface area is 171 Å². The molecule has 4 nitrogen and oxygen atoms in total. The lowest BCUT2D eigenvalue weighted by atomic mass is 10.0. The molecule has 2 aliphatic heterocycles. The number of benzene rings is 1. The number of allylic oxidation sites excluding steroid dienone is 1. The van der Waals surface area contributed by atoms with Crippen LogP contribution in [0.4, 0.5) is 18.9 Å². The van der Waals surface area contributed by atoms with Crippen LogP contribution < -0.4 is 4.90 Å². The largest absolute Gasteiger partial charge is 0.416 e. The summed E-state index contributed by atoms with van der Waals surface area (Å²) in [6.07, 6.45) is 1.33. The van der Waals surface area contributed by atoms with E-state index in [0.717, 1.165) is 45.1 Å². The Morgan fingerprint density at radius 1 is 1.14 bits per heavy atom. The summed E-state index contributed by atoms with van der Waals surface area (Å²) < 4.78 is 38.9. The maximum absolute atomic E-state index is 13.0. The molecule has 0 aliphatic carbocycles. The summed E-state index contributed by atoms with van der Waals surface area (Å²) in [6, 6.07) is 5.88. The Hall–Kier alpha value is -2.02. The molecule has 1 unspecified atom stereocenters. The molecule has 1 aromatic carbocycles. The van der Waals surface area contributed by atoms with Gasteiger partial charge in [-0.25, -0.2) is 0 Å². The number of carbonyl (C=O) groups excluding carboxylic acids is 1. The number of piperidine rings is 1. The van der Waals surface area contributed by atoms with Crippen LogP contribution in [0.1, 0.15) is 32.3 Å². The van der Waals surface area contributed by atoms with Gasteiger partial charge >= 0.3 is 6.18 Å². The Balaban J connectivity index is 1.56. The number of rotatable bonds is 4. The standard InChI is InChI=1S/C22H30F3N3O/c1-17(2)8-9-21(29)28-10-4-7-20(16-28)27-13-11-26(12-14-27)19-6-3-5-18(15-19)22(23,24)25/h3,5-6,8-9,15,17,20H,4,7,10-14,16H2,1-2H3/b9-8+. The lowest BCUT2D eigenvalue weighted by Crippen LogP contribution is -2.55. The number of carbonyl (C=O) groups is 1. The minimum atomic E-state index is -4.32. The van der Waals surface area contributed by atoms with Crippen molar-refractivity contribution in [3.63, 3.8) is 0 Å². The molecule has 7 heteroatoms. The molecule has 0 radical (unpaired) electrons. The summed E-state index contributed by atoms with van der Waals surface area (Å²) in [4.78, 5) is 18.7. The monoisotopic (exact) mass is 409 g/mol. The first-order valence-corrected chi connectivity index (χ1v) is 10.4. The van der Waals surface area contributed by atoms with Crippen molar-refractivity contribution in [1.29, 1.82) is 0 Å². The van der Waals surface area contributed by atoms with E-state index in [1.54, 1.807) is 12.1 Å².